The van der Waals surface area contributed by atoms with Crippen LogP contribution in [0.15, 0.2) is 0 Å². The van der Waals surface area contributed by atoms with E-state index in [9.17, 15) is 0 Å². The number of hydrogen-bond acceptors (Lipinski definition) is 4. The van der Waals surface area contributed by atoms with Crippen LogP contribution in [0.3, 0.4) is 0 Å². The van der Waals surface area contributed by atoms with Gasteiger partial charge in [-0.05, 0) is 19.3 Å². The summed E-state index contributed by atoms with van der Waals surface area (Å²) in [5, 5.41) is 3.37. The average Bonchev–Trinajstić information content (AvgIpc) is 2.20. The Labute approximate surface area is 92.3 Å². The van der Waals surface area contributed by atoms with Crippen molar-refractivity contribution in [3.05, 3.63) is 0 Å². The van der Waals surface area contributed by atoms with Gasteiger partial charge in [0.15, 0.2) is 0 Å². The van der Waals surface area contributed by atoms with Crippen LogP contribution >= 0.6 is 0 Å². The normalized spacial score (nSPS) is 18.8. The second-order valence-electron chi connectivity index (χ2n) is 4.02. The lowest BCUT2D eigenvalue weighted by molar-refractivity contribution is -0.0700. The molecule has 0 atom stereocenters. The Balaban J connectivity index is 1.88. The van der Waals surface area contributed by atoms with Gasteiger partial charge in [-0.3, -0.25) is 0 Å². The van der Waals surface area contributed by atoms with Crippen LogP contribution in [0.1, 0.15) is 19.3 Å². The first-order valence-electron chi connectivity index (χ1n) is 5.65. The Morgan fingerprint density at radius 2 is 1.93 bits per heavy atom. The van der Waals surface area contributed by atoms with E-state index >= 15 is 0 Å². The molecular formula is C11H23NO3. The fourth-order valence-corrected chi connectivity index (χ4v) is 1.73. The summed E-state index contributed by atoms with van der Waals surface area (Å²) in [6.45, 7) is 3.91. The molecule has 1 aliphatic carbocycles. The molecule has 0 aromatic heterocycles. The van der Waals surface area contributed by atoms with Crippen molar-refractivity contribution in [1.29, 1.82) is 0 Å². The molecule has 0 heterocycles. The van der Waals surface area contributed by atoms with Crippen LogP contribution in [0.2, 0.25) is 0 Å². The maximum absolute atomic E-state index is 5.50. The molecule has 1 fully saturated rings. The molecule has 0 spiro atoms. The molecule has 0 aromatic carbocycles. The molecule has 1 saturated carbocycles. The van der Waals surface area contributed by atoms with Gasteiger partial charge in [0, 0.05) is 27.3 Å². The fraction of sp³-hybridized carbons (Fsp3) is 1.00. The van der Waals surface area contributed by atoms with E-state index in [1.807, 2.05) is 0 Å². The Morgan fingerprint density at radius 3 is 2.47 bits per heavy atom. The highest BCUT2D eigenvalue weighted by Crippen LogP contribution is 2.34. The van der Waals surface area contributed by atoms with E-state index in [4.69, 9.17) is 14.2 Å². The average molecular weight is 217 g/mol. The molecule has 15 heavy (non-hydrogen) atoms. The summed E-state index contributed by atoms with van der Waals surface area (Å²) >= 11 is 0. The minimum Gasteiger partial charge on any atom is -0.382 e. The van der Waals surface area contributed by atoms with Gasteiger partial charge in [-0.15, -0.1) is 0 Å². The summed E-state index contributed by atoms with van der Waals surface area (Å²) in [7, 11) is 3.48. The monoisotopic (exact) mass is 217 g/mol. The zero-order valence-electron chi connectivity index (χ0n) is 9.88. The maximum atomic E-state index is 5.50. The van der Waals surface area contributed by atoms with Crippen LogP contribution in [0.5, 0.6) is 0 Å². The van der Waals surface area contributed by atoms with Crippen molar-refractivity contribution in [2.24, 2.45) is 0 Å². The van der Waals surface area contributed by atoms with Crippen molar-refractivity contribution in [1.82, 2.24) is 5.32 Å². The van der Waals surface area contributed by atoms with Crippen molar-refractivity contribution in [3.8, 4) is 0 Å². The van der Waals surface area contributed by atoms with Crippen molar-refractivity contribution in [2.45, 2.75) is 24.9 Å². The maximum Gasteiger partial charge on any atom is 0.0802 e. The first-order chi connectivity index (χ1) is 7.33. The van der Waals surface area contributed by atoms with Gasteiger partial charge in [0.05, 0.1) is 25.4 Å². The molecule has 1 aliphatic rings. The molecule has 0 amide bonds. The molecule has 0 aromatic rings. The summed E-state index contributed by atoms with van der Waals surface area (Å²) in [5.41, 5.74) is 0.118. The number of methoxy groups -OCH3 is 2. The van der Waals surface area contributed by atoms with E-state index in [-0.39, 0.29) is 5.60 Å². The van der Waals surface area contributed by atoms with E-state index in [1.165, 1.54) is 19.3 Å². The van der Waals surface area contributed by atoms with E-state index < -0.39 is 0 Å². The van der Waals surface area contributed by atoms with Crippen LogP contribution in [-0.4, -0.2) is 52.7 Å². The molecular weight excluding hydrogens is 194 g/mol. The molecule has 1 rings (SSSR count). The molecule has 1 N–H and O–H groups in total. The second-order valence-corrected chi connectivity index (χ2v) is 4.02. The highest BCUT2D eigenvalue weighted by atomic mass is 16.5. The van der Waals surface area contributed by atoms with Gasteiger partial charge in [-0.1, -0.05) is 0 Å². The van der Waals surface area contributed by atoms with Crippen LogP contribution in [0.4, 0.5) is 0 Å². The van der Waals surface area contributed by atoms with Gasteiger partial charge in [-0.2, -0.15) is 0 Å². The summed E-state index contributed by atoms with van der Waals surface area (Å²) in [6, 6.07) is 0. The van der Waals surface area contributed by atoms with Gasteiger partial charge < -0.3 is 19.5 Å². The fourth-order valence-electron chi connectivity index (χ4n) is 1.73. The lowest BCUT2D eigenvalue weighted by Gasteiger charge is -2.40. The SMILES string of the molecule is COCCOCCNCC1(OC)CCC1. The molecule has 90 valence electrons. The van der Waals surface area contributed by atoms with Gasteiger partial charge in [0.25, 0.3) is 0 Å². The first kappa shape index (κ1) is 12.9. The predicted molar refractivity (Wildman–Crippen MR) is 59.2 cm³/mol. The Hall–Kier alpha value is -0.160. The van der Waals surface area contributed by atoms with Crippen LogP contribution in [-0.2, 0) is 14.2 Å². The van der Waals surface area contributed by atoms with Crippen LogP contribution < -0.4 is 5.32 Å². The molecule has 0 bridgehead atoms. The van der Waals surface area contributed by atoms with Gasteiger partial charge in [0.2, 0.25) is 0 Å². The smallest absolute Gasteiger partial charge is 0.0802 e. The number of hydrogen-bond donors (Lipinski definition) is 1. The largest absolute Gasteiger partial charge is 0.382 e. The minimum absolute atomic E-state index is 0.118. The lowest BCUT2D eigenvalue weighted by Crippen LogP contribution is -2.48. The Kier molecular flexibility index (Phi) is 6.17. The van der Waals surface area contributed by atoms with Crippen molar-refractivity contribution < 1.29 is 14.2 Å². The highest BCUT2D eigenvalue weighted by Gasteiger charge is 2.36. The summed E-state index contributed by atoms with van der Waals surface area (Å²) in [5.74, 6) is 0. The zero-order valence-corrected chi connectivity index (χ0v) is 9.88. The number of ether oxygens (including phenoxy) is 3. The molecule has 0 aliphatic heterocycles. The minimum atomic E-state index is 0.118. The molecule has 4 heteroatoms. The number of nitrogens with one attached hydrogen (secondary N) is 1. The zero-order chi connectivity index (χ0) is 11.0. The predicted octanol–water partition coefficient (Wildman–Crippen LogP) is 0.808. The van der Waals surface area contributed by atoms with Gasteiger partial charge >= 0.3 is 0 Å². The molecule has 4 nitrogen and oxygen atoms in total. The summed E-state index contributed by atoms with van der Waals surface area (Å²) < 4.78 is 15.7. The summed E-state index contributed by atoms with van der Waals surface area (Å²) in [6.07, 6.45) is 3.65. The van der Waals surface area contributed by atoms with Crippen molar-refractivity contribution in [3.63, 3.8) is 0 Å². The molecule has 0 unspecified atom stereocenters. The van der Waals surface area contributed by atoms with E-state index in [2.05, 4.69) is 5.32 Å². The Morgan fingerprint density at radius 1 is 1.13 bits per heavy atom. The third-order valence-corrected chi connectivity index (χ3v) is 3.00. The van der Waals surface area contributed by atoms with E-state index in [1.54, 1.807) is 14.2 Å². The quantitative estimate of drug-likeness (QED) is 0.580. The third-order valence-electron chi connectivity index (χ3n) is 3.00. The van der Waals surface area contributed by atoms with Crippen LogP contribution in [0.25, 0.3) is 0 Å². The van der Waals surface area contributed by atoms with Crippen LogP contribution in [0, 0.1) is 0 Å². The lowest BCUT2D eigenvalue weighted by atomic mass is 9.80. The third kappa shape index (κ3) is 4.47. The van der Waals surface area contributed by atoms with Gasteiger partial charge in [-0.25, -0.2) is 0 Å². The highest BCUT2D eigenvalue weighted by molar-refractivity contribution is 4.91. The summed E-state index contributed by atoms with van der Waals surface area (Å²) in [4.78, 5) is 0. The topological polar surface area (TPSA) is 39.7 Å². The van der Waals surface area contributed by atoms with Gasteiger partial charge in [0.1, 0.15) is 0 Å². The first-order valence-corrected chi connectivity index (χ1v) is 5.65. The van der Waals surface area contributed by atoms with E-state index in [0.717, 1.165) is 19.7 Å². The van der Waals surface area contributed by atoms with Crippen molar-refractivity contribution in [2.75, 3.05) is 47.1 Å². The second kappa shape index (κ2) is 7.17. The standard InChI is InChI=1S/C11H23NO3/c1-13-8-9-15-7-6-12-10-11(14-2)4-3-5-11/h12H,3-10H2,1-2H3. The van der Waals surface area contributed by atoms with E-state index in [0.29, 0.717) is 13.2 Å². The molecule has 0 radical (unpaired) electrons. The number of rotatable bonds is 9. The Bertz CT molecular complexity index is 154. The van der Waals surface area contributed by atoms with Crippen molar-refractivity contribution >= 4 is 0 Å². The molecule has 0 saturated heterocycles.